The first-order valence-corrected chi connectivity index (χ1v) is 20.1. The largest absolute Gasteiger partial charge is 0.196 e. The Bertz CT molecular complexity index is 1350. The van der Waals surface area contributed by atoms with Crippen molar-refractivity contribution < 1.29 is 4.70 Å². The topological polar surface area (TPSA) is 15.4 Å². The normalized spacial score (nSPS) is 12.0. The number of nitrogens with zero attached hydrogens (tertiary/aromatic N) is 2. The van der Waals surface area contributed by atoms with Gasteiger partial charge in [-0.05, 0) is 114 Å². The fourth-order valence-corrected chi connectivity index (χ4v) is 6.86. The van der Waals surface area contributed by atoms with Crippen LogP contribution in [-0.2, 0) is 25.7 Å². The molecule has 0 atom stereocenters. The highest BCUT2D eigenvalue weighted by Crippen LogP contribution is 2.30. The van der Waals surface area contributed by atoms with Gasteiger partial charge in [-0.2, -0.15) is 0 Å². The number of hydrogen-bond donors (Lipinski definition) is 0. The SMILES string of the molecule is CCCCCCCCc1cc(C=C[N+](CC)=Nc2ccc(CCCC)c(-c3ccccc3)c2)cc(CCCC)c1CCCCCCCC. The quantitative estimate of drug-likeness (QED) is 0.0493. The molecule has 0 aliphatic heterocycles. The molecular formula is C46H69N2+. The number of aryl methyl sites for hydroxylation is 3. The second kappa shape index (κ2) is 24.2. The first-order valence-electron chi connectivity index (χ1n) is 20.1. The highest BCUT2D eigenvalue weighted by atomic mass is 15.2. The van der Waals surface area contributed by atoms with Crippen LogP contribution in [0.5, 0.6) is 0 Å². The molecule has 0 spiro atoms. The molecule has 0 aliphatic rings. The van der Waals surface area contributed by atoms with Crippen molar-refractivity contribution in [3.05, 3.63) is 94.7 Å². The van der Waals surface area contributed by atoms with Crippen molar-refractivity contribution in [1.82, 2.24) is 0 Å². The van der Waals surface area contributed by atoms with Crippen LogP contribution in [0.4, 0.5) is 5.69 Å². The van der Waals surface area contributed by atoms with Gasteiger partial charge in [-0.3, -0.25) is 0 Å². The molecule has 0 unspecified atom stereocenters. The second-order valence-corrected chi connectivity index (χ2v) is 13.9. The summed E-state index contributed by atoms with van der Waals surface area (Å²) in [5.74, 6) is 0. The highest BCUT2D eigenvalue weighted by molar-refractivity contribution is 5.70. The molecule has 2 nitrogen and oxygen atoms in total. The van der Waals surface area contributed by atoms with Crippen LogP contribution in [0.1, 0.15) is 165 Å². The van der Waals surface area contributed by atoms with Crippen molar-refractivity contribution in [1.29, 1.82) is 0 Å². The van der Waals surface area contributed by atoms with Gasteiger partial charge in [-0.15, -0.1) is 0 Å². The molecular weight excluding hydrogens is 581 g/mol. The Hall–Kier alpha value is -3.00. The molecule has 0 amide bonds. The summed E-state index contributed by atoms with van der Waals surface area (Å²) >= 11 is 0. The number of unbranched alkanes of at least 4 members (excludes halogenated alkanes) is 12. The highest BCUT2D eigenvalue weighted by Gasteiger charge is 2.13. The van der Waals surface area contributed by atoms with Gasteiger partial charge in [0.25, 0.3) is 0 Å². The van der Waals surface area contributed by atoms with E-state index in [0.717, 1.165) is 18.7 Å². The molecule has 3 aromatic rings. The lowest BCUT2D eigenvalue weighted by molar-refractivity contribution is -0.519. The third-order valence-corrected chi connectivity index (χ3v) is 9.82. The molecule has 3 rings (SSSR count). The summed E-state index contributed by atoms with van der Waals surface area (Å²) < 4.78 is 2.11. The third kappa shape index (κ3) is 14.2. The summed E-state index contributed by atoms with van der Waals surface area (Å²) in [6, 6.07) is 22.6. The van der Waals surface area contributed by atoms with E-state index < -0.39 is 0 Å². The first-order chi connectivity index (χ1) is 23.6. The standard InChI is InChI=1S/C46H69N2/c1-6-11-15-17-19-22-30-43-37-39(36-42(27-14-9-4)45(43)31-25-20-18-16-12-7-2)34-35-48(10-5)47-44-33-32-41(26-13-8-3)46(38-44)40-28-23-21-24-29-40/h21,23-24,28-29,32-38H,6-20,22,25-27,30-31H2,1-5H3/q+1. The van der Waals surface area contributed by atoms with Gasteiger partial charge in [-0.1, -0.05) is 158 Å². The lowest BCUT2D eigenvalue weighted by atomic mass is 9.88. The summed E-state index contributed by atoms with van der Waals surface area (Å²) in [6.45, 7) is 12.2. The lowest BCUT2D eigenvalue weighted by Crippen LogP contribution is -2.04. The van der Waals surface area contributed by atoms with Gasteiger partial charge < -0.3 is 0 Å². The molecule has 3 aromatic carbocycles. The zero-order valence-corrected chi connectivity index (χ0v) is 31.7. The summed E-state index contributed by atoms with van der Waals surface area (Å²) in [5.41, 5.74) is 11.2. The molecule has 0 saturated carbocycles. The molecule has 0 bridgehead atoms. The molecule has 0 N–H and O–H groups in total. The Balaban J connectivity index is 1.89. The van der Waals surface area contributed by atoms with Gasteiger partial charge in [0.15, 0.2) is 12.7 Å². The van der Waals surface area contributed by atoms with Gasteiger partial charge in [0.1, 0.15) is 5.69 Å². The minimum absolute atomic E-state index is 0.832. The van der Waals surface area contributed by atoms with E-state index in [4.69, 9.17) is 5.11 Å². The molecule has 0 radical (unpaired) electrons. The monoisotopic (exact) mass is 650 g/mol. The maximum atomic E-state index is 5.11. The summed E-state index contributed by atoms with van der Waals surface area (Å²) in [5, 5.41) is 5.11. The zero-order chi connectivity index (χ0) is 34.2. The van der Waals surface area contributed by atoms with Crippen LogP contribution in [-0.4, -0.2) is 11.2 Å². The van der Waals surface area contributed by atoms with E-state index in [9.17, 15) is 0 Å². The molecule has 0 aliphatic carbocycles. The Morgan fingerprint density at radius 3 is 1.67 bits per heavy atom. The number of hydrogen-bond acceptors (Lipinski definition) is 1. The summed E-state index contributed by atoms with van der Waals surface area (Å²) in [4.78, 5) is 0. The predicted molar refractivity (Wildman–Crippen MR) is 212 cm³/mol. The van der Waals surface area contributed by atoms with Crippen LogP contribution in [0.15, 0.2) is 72.0 Å². The van der Waals surface area contributed by atoms with Crippen molar-refractivity contribution in [2.45, 2.75) is 163 Å². The molecule has 0 aromatic heterocycles. The molecule has 2 heteroatoms. The fourth-order valence-electron chi connectivity index (χ4n) is 6.86. The first kappa shape index (κ1) is 39.4. The van der Waals surface area contributed by atoms with E-state index in [0.29, 0.717) is 0 Å². The summed E-state index contributed by atoms with van der Waals surface area (Å²) in [7, 11) is 0. The van der Waals surface area contributed by atoms with Gasteiger partial charge in [0, 0.05) is 6.08 Å². The van der Waals surface area contributed by atoms with Gasteiger partial charge in [-0.25, -0.2) is 0 Å². The Morgan fingerprint density at radius 2 is 1.06 bits per heavy atom. The molecule has 0 heterocycles. The van der Waals surface area contributed by atoms with E-state index in [2.05, 4.69) is 112 Å². The van der Waals surface area contributed by atoms with Gasteiger partial charge in [0.05, 0.1) is 0 Å². The molecule has 262 valence electrons. The predicted octanol–water partition coefficient (Wildman–Crippen LogP) is 14.6. The number of rotatable bonds is 25. The van der Waals surface area contributed by atoms with Gasteiger partial charge in [0.2, 0.25) is 0 Å². The Morgan fingerprint density at radius 1 is 0.521 bits per heavy atom. The lowest BCUT2D eigenvalue weighted by Gasteiger charge is -2.17. The van der Waals surface area contributed by atoms with Gasteiger partial charge >= 0.3 is 0 Å². The van der Waals surface area contributed by atoms with Crippen molar-refractivity contribution >= 4 is 11.8 Å². The van der Waals surface area contributed by atoms with E-state index in [-0.39, 0.29) is 0 Å². The van der Waals surface area contributed by atoms with Crippen molar-refractivity contribution in [2.24, 2.45) is 5.11 Å². The Labute approximate surface area is 296 Å². The Kier molecular flexibility index (Phi) is 19.9. The zero-order valence-electron chi connectivity index (χ0n) is 31.7. The third-order valence-electron chi connectivity index (χ3n) is 9.82. The van der Waals surface area contributed by atoms with E-state index >= 15 is 0 Å². The minimum Gasteiger partial charge on any atom is -0.0910 e. The average Bonchev–Trinajstić information content (AvgIpc) is 3.12. The fraction of sp³-hybridized carbons (Fsp3) is 0.565. The van der Waals surface area contributed by atoms with Crippen molar-refractivity contribution in [3.63, 3.8) is 0 Å². The summed E-state index contributed by atoms with van der Waals surface area (Å²) in [6.07, 6.45) is 30.5. The maximum Gasteiger partial charge on any atom is 0.196 e. The van der Waals surface area contributed by atoms with E-state index in [1.165, 1.54) is 144 Å². The molecule has 0 fully saturated rings. The maximum absolute atomic E-state index is 5.11. The van der Waals surface area contributed by atoms with Crippen LogP contribution < -0.4 is 0 Å². The molecule has 0 saturated heterocycles. The number of benzene rings is 3. The van der Waals surface area contributed by atoms with Crippen LogP contribution in [0.2, 0.25) is 0 Å². The smallest absolute Gasteiger partial charge is 0.0910 e. The van der Waals surface area contributed by atoms with Crippen LogP contribution >= 0.6 is 0 Å². The van der Waals surface area contributed by atoms with Crippen molar-refractivity contribution in [3.8, 4) is 11.1 Å². The van der Waals surface area contributed by atoms with Crippen LogP contribution in [0.25, 0.3) is 17.2 Å². The van der Waals surface area contributed by atoms with E-state index in [1.807, 2.05) is 0 Å². The molecule has 48 heavy (non-hydrogen) atoms. The second-order valence-electron chi connectivity index (χ2n) is 13.9. The minimum atomic E-state index is 0.832. The van der Waals surface area contributed by atoms with Crippen LogP contribution in [0, 0.1) is 0 Å². The number of azo groups is 2. The van der Waals surface area contributed by atoms with E-state index in [1.54, 1.807) is 16.7 Å². The average molecular weight is 650 g/mol. The van der Waals surface area contributed by atoms with Crippen molar-refractivity contribution in [2.75, 3.05) is 6.54 Å². The van der Waals surface area contributed by atoms with Crippen LogP contribution in [0.3, 0.4) is 0 Å².